The predicted octanol–water partition coefficient (Wildman–Crippen LogP) is 3.87. The van der Waals surface area contributed by atoms with Gasteiger partial charge in [0.15, 0.2) is 0 Å². The standard InChI is InChI=1S/C27H32N4O3/c1-20-18-30(16-17-34-20)22-12-14-29(15-13-22)27(32)25-19-31(23-6-4-3-5-7-23)28-26(25)21-8-10-24(33-2)11-9-21/h3-11,19-20,22H,12-18H2,1-2H3/t20-/m1/s1. The van der Waals surface area contributed by atoms with Crippen LogP contribution in [0.15, 0.2) is 60.8 Å². The van der Waals surface area contributed by atoms with Gasteiger partial charge in [0.1, 0.15) is 11.4 Å². The molecular weight excluding hydrogens is 428 g/mol. The van der Waals surface area contributed by atoms with E-state index in [0.29, 0.717) is 17.3 Å². The molecule has 2 aliphatic rings. The van der Waals surface area contributed by atoms with Crippen molar-refractivity contribution in [3.8, 4) is 22.7 Å². The molecule has 7 heteroatoms. The third-order valence-corrected chi connectivity index (χ3v) is 6.87. The van der Waals surface area contributed by atoms with Crippen molar-refractivity contribution in [3.05, 3.63) is 66.4 Å². The molecule has 3 heterocycles. The minimum atomic E-state index is 0.0433. The predicted molar refractivity (Wildman–Crippen MR) is 131 cm³/mol. The number of carbonyl (C=O) groups is 1. The highest BCUT2D eigenvalue weighted by atomic mass is 16.5. The van der Waals surface area contributed by atoms with Crippen LogP contribution in [-0.2, 0) is 4.74 Å². The fourth-order valence-electron chi connectivity index (χ4n) is 4.99. The molecule has 2 fully saturated rings. The van der Waals surface area contributed by atoms with Crippen molar-refractivity contribution in [2.45, 2.75) is 31.9 Å². The lowest BCUT2D eigenvalue weighted by atomic mass is 10.0. The summed E-state index contributed by atoms with van der Waals surface area (Å²) in [4.78, 5) is 18.2. The Morgan fingerprint density at radius 1 is 1.03 bits per heavy atom. The molecular formula is C27H32N4O3. The minimum absolute atomic E-state index is 0.0433. The Kier molecular flexibility index (Phi) is 6.65. The maximum Gasteiger partial charge on any atom is 0.257 e. The van der Waals surface area contributed by atoms with E-state index in [1.165, 1.54) is 0 Å². The molecule has 0 saturated carbocycles. The van der Waals surface area contributed by atoms with Gasteiger partial charge in [-0.2, -0.15) is 5.10 Å². The number of morpholine rings is 1. The van der Waals surface area contributed by atoms with E-state index in [9.17, 15) is 4.79 Å². The van der Waals surface area contributed by atoms with Crippen LogP contribution in [0.5, 0.6) is 5.75 Å². The van der Waals surface area contributed by atoms with Crippen LogP contribution in [-0.4, -0.2) is 77.5 Å². The highest BCUT2D eigenvalue weighted by Gasteiger charge is 2.31. The summed E-state index contributed by atoms with van der Waals surface area (Å²) in [5.41, 5.74) is 3.15. The van der Waals surface area contributed by atoms with Crippen molar-refractivity contribution >= 4 is 5.91 Å². The van der Waals surface area contributed by atoms with Crippen LogP contribution in [0.4, 0.5) is 0 Å². The van der Waals surface area contributed by atoms with E-state index in [1.807, 2.05) is 65.7 Å². The quantitative estimate of drug-likeness (QED) is 0.579. The lowest BCUT2D eigenvalue weighted by molar-refractivity contribution is -0.0423. The number of hydrogen-bond acceptors (Lipinski definition) is 5. The van der Waals surface area contributed by atoms with Crippen molar-refractivity contribution in [1.82, 2.24) is 19.6 Å². The van der Waals surface area contributed by atoms with Gasteiger partial charge in [-0.3, -0.25) is 9.69 Å². The Labute approximate surface area is 200 Å². The summed E-state index contributed by atoms with van der Waals surface area (Å²) < 4.78 is 12.8. The summed E-state index contributed by atoms with van der Waals surface area (Å²) in [5, 5.41) is 4.83. The fourth-order valence-corrected chi connectivity index (χ4v) is 4.99. The maximum absolute atomic E-state index is 13.7. The van der Waals surface area contributed by atoms with Gasteiger partial charge in [0.05, 0.1) is 31.1 Å². The number of amides is 1. The average molecular weight is 461 g/mol. The second-order valence-corrected chi connectivity index (χ2v) is 9.10. The van der Waals surface area contributed by atoms with Crippen LogP contribution in [0.1, 0.15) is 30.1 Å². The number of carbonyl (C=O) groups excluding carboxylic acids is 1. The molecule has 2 aliphatic heterocycles. The number of likely N-dealkylation sites (tertiary alicyclic amines) is 1. The largest absolute Gasteiger partial charge is 0.497 e. The van der Waals surface area contributed by atoms with Gasteiger partial charge in [-0.25, -0.2) is 4.68 Å². The summed E-state index contributed by atoms with van der Waals surface area (Å²) in [6, 6.07) is 18.2. The molecule has 0 radical (unpaired) electrons. The second-order valence-electron chi connectivity index (χ2n) is 9.10. The number of aromatic nitrogens is 2. The maximum atomic E-state index is 13.7. The Morgan fingerprint density at radius 2 is 1.76 bits per heavy atom. The highest BCUT2D eigenvalue weighted by Crippen LogP contribution is 2.28. The average Bonchev–Trinajstić information content (AvgIpc) is 3.34. The van der Waals surface area contributed by atoms with Crippen LogP contribution >= 0.6 is 0 Å². The van der Waals surface area contributed by atoms with Gasteiger partial charge >= 0.3 is 0 Å². The first kappa shape index (κ1) is 22.6. The van der Waals surface area contributed by atoms with Gasteiger partial charge in [-0.15, -0.1) is 0 Å². The summed E-state index contributed by atoms with van der Waals surface area (Å²) in [6.07, 6.45) is 4.13. The Morgan fingerprint density at radius 3 is 2.44 bits per heavy atom. The summed E-state index contributed by atoms with van der Waals surface area (Å²) in [5.74, 6) is 0.820. The van der Waals surface area contributed by atoms with Crippen LogP contribution in [0.25, 0.3) is 16.9 Å². The van der Waals surface area contributed by atoms with Gasteiger partial charge in [-0.1, -0.05) is 18.2 Å². The van der Waals surface area contributed by atoms with Gasteiger partial charge < -0.3 is 14.4 Å². The molecule has 2 aromatic carbocycles. The number of nitrogens with zero attached hydrogens (tertiary/aromatic N) is 4. The van der Waals surface area contributed by atoms with E-state index < -0.39 is 0 Å². The molecule has 34 heavy (non-hydrogen) atoms. The molecule has 1 amide bonds. The second kappa shape index (κ2) is 9.99. The van der Waals surface area contributed by atoms with Gasteiger partial charge in [0, 0.05) is 44.0 Å². The lowest BCUT2D eigenvalue weighted by Crippen LogP contribution is -2.51. The van der Waals surface area contributed by atoms with E-state index in [-0.39, 0.29) is 12.0 Å². The third-order valence-electron chi connectivity index (χ3n) is 6.87. The Balaban J connectivity index is 1.38. The zero-order valence-corrected chi connectivity index (χ0v) is 19.9. The SMILES string of the molecule is COc1ccc(-c2nn(-c3ccccc3)cc2C(=O)N2CCC(N3CCO[C@H](C)C3)CC2)cc1. The molecule has 3 aromatic rings. The molecule has 2 saturated heterocycles. The van der Waals surface area contributed by atoms with Crippen LogP contribution in [0.2, 0.25) is 0 Å². The summed E-state index contributed by atoms with van der Waals surface area (Å²) >= 11 is 0. The summed E-state index contributed by atoms with van der Waals surface area (Å²) in [7, 11) is 1.65. The molecule has 5 rings (SSSR count). The number of ether oxygens (including phenoxy) is 2. The van der Waals surface area contributed by atoms with Crippen LogP contribution < -0.4 is 4.74 Å². The lowest BCUT2D eigenvalue weighted by Gasteiger charge is -2.41. The number of benzene rings is 2. The van der Waals surface area contributed by atoms with E-state index in [2.05, 4.69) is 11.8 Å². The van der Waals surface area contributed by atoms with Crippen molar-refractivity contribution in [3.63, 3.8) is 0 Å². The normalized spacial score (nSPS) is 19.8. The van der Waals surface area contributed by atoms with Gasteiger partial charge in [-0.05, 0) is 56.2 Å². The van der Waals surface area contributed by atoms with Crippen LogP contribution in [0, 0.1) is 0 Å². The molecule has 0 unspecified atom stereocenters. The van der Waals surface area contributed by atoms with Crippen molar-refractivity contribution in [2.24, 2.45) is 0 Å². The van der Waals surface area contributed by atoms with Crippen molar-refractivity contribution in [2.75, 3.05) is 39.9 Å². The molecule has 178 valence electrons. The molecule has 1 atom stereocenters. The molecule has 0 aliphatic carbocycles. The first-order valence-corrected chi connectivity index (χ1v) is 12.1. The summed E-state index contributed by atoms with van der Waals surface area (Å²) in [6.45, 7) is 6.40. The van der Waals surface area contributed by atoms with E-state index >= 15 is 0 Å². The van der Waals surface area contributed by atoms with Gasteiger partial charge in [0.2, 0.25) is 0 Å². The molecule has 0 N–H and O–H groups in total. The monoisotopic (exact) mass is 460 g/mol. The number of hydrogen-bond donors (Lipinski definition) is 0. The van der Waals surface area contributed by atoms with Crippen molar-refractivity contribution < 1.29 is 14.3 Å². The van der Waals surface area contributed by atoms with E-state index in [0.717, 1.165) is 62.6 Å². The smallest absolute Gasteiger partial charge is 0.257 e. The molecule has 0 bridgehead atoms. The fraction of sp³-hybridized carbons (Fsp3) is 0.407. The molecule has 0 spiro atoms. The number of para-hydroxylation sites is 1. The topological polar surface area (TPSA) is 59.8 Å². The number of rotatable bonds is 5. The van der Waals surface area contributed by atoms with Gasteiger partial charge in [0.25, 0.3) is 5.91 Å². The first-order chi connectivity index (χ1) is 16.6. The number of piperidine rings is 1. The zero-order chi connectivity index (χ0) is 23.5. The van der Waals surface area contributed by atoms with Crippen molar-refractivity contribution in [1.29, 1.82) is 0 Å². The Bertz CT molecular complexity index is 1100. The van der Waals surface area contributed by atoms with E-state index in [4.69, 9.17) is 14.6 Å². The zero-order valence-electron chi connectivity index (χ0n) is 19.9. The number of methoxy groups -OCH3 is 1. The molecule has 1 aromatic heterocycles. The van der Waals surface area contributed by atoms with E-state index in [1.54, 1.807) is 11.8 Å². The van der Waals surface area contributed by atoms with Crippen LogP contribution in [0.3, 0.4) is 0 Å². The molecule has 7 nitrogen and oxygen atoms in total. The Hall–Kier alpha value is -3.16. The highest BCUT2D eigenvalue weighted by molar-refractivity contribution is 6.00. The third kappa shape index (κ3) is 4.72. The minimum Gasteiger partial charge on any atom is -0.497 e. The first-order valence-electron chi connectivity index (χ1n) is 12.1.